The van der Waals surface area contributed by atoms with Crippen molar-refractivity contribution in [1.82, 2.24) is 5.32 Å². The largest absolute Gasteiger partial charge is 0.310 e. The van der Waals surface area contributed by atoms with Crippen molar-refractivity contribution in [3.63, 3.8) is 0 Å². The molecule has 0 spiro atoms. The van der Waals surface area contributed by atoms with E-state index in [9.17, 15) is 0 Å². The number of aryl methyl sites for hydroxylation is 2. The van der Waals surface area contributed by atoms with Crippen molar-refractivity contribution in [3.8, 4) is 0 Å². The predicted molar refractivity (Wildman–Crippen MR) is 78.9 cm³/mol. The van der Waals surface area contributed by atoms with Gasteiger partial charge in [-0.15, -0.1) is 0 Å². The molecule has 1 fully saturated rings. The maximum Gasteiger partial charge on any atom is 0.0374 e. The van der Waals surface area contributed by atoms with Crippen LogP contribution < -0.4 is 5.32 Å². The van der Waals surface area contributed by atoms with Crippen LogP contribution in [-0.4, -0.2) is 6.54 Å². The molecule has 1 atom stereocenters. The van der Waals surface area contributed by atoms with Gasteiger partial charge in [0.05, 0.1) is 0 Å². The van der Waals surface area contributed by atoms with Crippen LogP contribution in [0.3, 0.4) is 0 Å². The first-order valence-corrected chi connectivity index (χ1v) is 7.37. The van der Waals surface area contributed by atoms with Gasteiger partial charge < -0.3 is 5.32 Å². The molecule has 1 nitrogen and oxygen atoms in total. The van der Waals surface area contributed by atoms with E-state index in [4.69, 9.17) is 0 Å². The van der Waals surface area contributed by atoms with Gasteiger partial charge in [-0.25, -0.2) is 0 Å². The van der Waals surface area contributed by atoms with Crippen LogP contribution in [0.25, 0.3) is 0 Å². The van der Waals surface area contributed by atoms with E-state index < -0.39 is 0 Å². The minimum atomic E-state index is 0.442. The molecule has 1 heteroatoms. The lowest BCUT2D eigenvalue weighted by molar-refractivity contribution is 0.226. The Morgan fingerprint density at radius 3 is 2.39 bits per heavy atom. The summed E-state index contributed by atoms with van der Waals surface area (Å²) in [5.74, 6) is 0. The second-order valence-corrected chi connectivity index (χ2v) is 6.20. The third-order valence-electron chi connectivity index (χ3n) is 4.72. The summed E-state index contributed by atoms with van der Waals surface area (Å²) >= 11 is 0. The lowest BCUT2D eigenvalue weighted by atomic mass is 9.76. The minimum Gasteiger partial charge on any atom is -0.310 e. The van der Waals surface area contributed by atoms with Gasteiger partial charge in [-0.1, -0.05) is 44.9 Å². The van der Waals surface area contributed by atoms with Crippen LogP contribution in [0.4, 0.5) is 0 Å². The fraction of sp³-hybridized carbons (Fsp3) is 0.647. The van der Waals surface area contributed by atoms with Gasteiger partial charge in [0.25, 0.3) is 0 Å². The van der Waals surface area contributed by atoms with Crippen molar-refractivity contribution in [3.05, 3.63) is 34.9 Å². The monoisotopic (exact) mass is 245 g/mol. The van der Waals surface area contributed by atoms with Crippen LogP contribution >= 0.6 is 0 Å². The van der Waals surface area contributed by atoms with Crippen molar-refractivity contribution >= 4 is 0 Å². The van der Waals surface area contributed by atoms with E-state index >= 15 is 0 Å². The van der Waals surface area contributed by atoms with Crippen molar-refractivity contribution in [2.75, 3.05) is 6.54 Å². The van der Waals surface area contributed by atoms with E-state index in [1.165, 1.54) is 42.4 Å². The summed E-state index contributed by atoms with van der Waals surface area (Å²) in [4.78, 5) is 0. The average Bonchev–Trinajstić information content (AvgIpc) is 2.78. The molecule has 1 aromatic carbocycles. The number of hydrogen-bond donors (Lipinski definition) is 1. The van der Waals surface area contributed by atoms with Crippen LogP contribution in [0.1, 0.15) is 62.3 Å². The summed E-state index contributed by atoms with van der Waals surface area (Å²) in [5.41, 5.74) is 4.73. The maximum atomic E-state index is 3.73. The summed E-state index contributed by atoms with van der Waals surface area (Å²) in [6, 6.07) is 7.49. The van der Waals surface area contributed by atoms with Crippen molar-refractivity contribution < 1.29 is 0 Å². The van der Waals surface area contributed by atoms with Crippen LogP contribution in [0.5, 0.6) is 0 Å². The third kappa shape index (κ3) is 2.61. The highest BCUT2D eigenvalue weighted by Gasteiger charge is 2.37. The van der Waals surface area contributed by atoms with Crippen LogP contribution in [0.2, 0.25) is 0 Å². The van der Waals surface area contributed by atoms with Crippen molar-refractivity contribution in [2.45, 2.75) is 59.4 Å². The molecule has 0 aromatic heterocycles. The van der Waals surface area contributed by atoms with E-state index in [1.807, 2.05) is 0 Å². The Morgan fingerprint density at radius 1 is 1.17 bits per heavy atom. The van der Waals surface area contributed by atoms with Crippen LogP contribution in [0, 0.1) is 19.3 Å². The van der Waals surface area contributed by atoms with Gasteiger partial charge in [0, 0.05) is 6.04 Å². The zero-order valence-corrected chi connectivity index (χ0v) is 12.3. The van der Waals surface area contributed by atoms with Crippen molar-refractivity contribution in [1.29, 1.82) is 0 Å². The molecule has 2 rings (SSSR count). The first-order chi connectivity index (χ1) is 8.57. The van der Waals surface area contributed by atoms with Crippen molar-refractivity contribution in [2.24, 2.45) is 5.41 Å². The lowest BCUT2D eigenvalue weighted by Gasteiger charge is -2.35. The topological polar surface area (TPSA) is 12.0 Å². The van der Waals surface area contributed by atoms with E-state index in [0.717, 1.165) is 6.54 Å². The standard InChI is InChI=1S/C17H27N/c1-5-18-16(17(4)10-6-7-11-17)15-9-8-13(2)14(3)12-15/h8-9,12,16,18H,5-7,10-11H2,1-4H3. The summed E-state index contributed by atoms with van der Waals surface area (Å²) in [7, 11) is 0. The SMILES string of the molecule is CCNC(c1ccc(C)c(C)c1)C1(C)CCCC1. The molecule has 0 amide bonds. The highest BCUT2D eigenvalue weighted by molar-refractivity contribution is 5.32. The Labute approximate surface area is 112 Å². The summed E-state index contributed by atoms with van der Waals surface area (Å²) in [6.45, 7) is 10.1. The molecule has 1 unspecified atom stereocenters. The predicted octanol–water partition coefficient (Wildman–Crippen LogP) is 4.53. The van der Waals surface area contributed by atoms with Gasteiger partial charge in [-0.05, 0) is 55.3 Å². The molecule has 0 bridgehead atoms. The molecule has 1 saturated carbocycles. The first-order valence-electron chi connectivity index (χ1n) is 7.37. The van der Waals surface area contributed by atoms with E-state index in [2.05, 4.69) is 51.2 Å². The molecular weight excluding hydrogens is 218 g/mol. The molecule has 100 valence electrons. The van der Waals surface area contributed by atoms with Crippen LogP contribution in [0.15, 0.2) is 18.2 Å². The van der Waals surface area contributed by atoms with Crippen LogP contribution in [-0.2, 0) is 0 Å². The van der Waals surface area contributed by atoms with E-state index in [-0.39, 0.29) is 0 Å². The first kappa shape index (κ1) is 13.6. The quantitative estimate of drug-likeness (QED) is 0.821. The summed E-state index contributed by atoms with van der Waals surface area (Å²) < 4.78 is 0. The molecule has 0 saturated heterocycles. The van der Waals surface area contributed by atoms with Gasteiger partial charge in [0.1, 0.15) is 0 Å². The molecule has 1 N–H and O–H groups in total. The molecule has 0 radical (unpaired) electrons. The number of nitrogens with one attached hydrogen (secondary N) is 1. The Kier molecular flexibility index (Phi) is 4.11. The summed E-state index contributed by atoms with van der Waals surface area (Å²) in [5, 5.41) is 3.73. The number of hydrogen-bond acceptors (Lipinski definition) is 1. The second-order valence-electron chi connectivity index (χ2n) is 6.20. The smallest absolute Gasteiger partial charge is 0.0374 e. The molecule has 0 aliphatic heterocycles. The fourth-order valence-corrected chi connectivity index (χ4v) is 3.39. The molecule has 18 heavy (non-hydrogen) atoms. The van der Waals surface area contributed by atoms with Gasteiger partial charge in [-0.2, -0.15) is 0 Å². The third-order valence-corrected chi connectivity index (χ3v) is 4.72. The van der Waals surface area contributed by atoms with E-state index in [1.54, 1.807) is 0 Å². The Bertz CT molecular complexity index is 402. The number of rotatable bonds is 4. The van der Waals surface area contributed by atoms with Gasteiger partial charge in [0.15, 0.2) is 0 Å². The average molecular weight is 245 g/mol. The lowest BCUT2D eigenvalue weighted by Crippen LogP contribution is -2.34. The normalized spacial score (nSPS) is 20.0. The Balaban J connectivity index is 2.31. The van der Waals surface area contributed by atoms with E-state index in [0.29, 0.717) is 11.5 Å². The molecule has 0 heterocycles. The fourth-order valence-electron chi connectivity index (χ4n) is 3.39. The molecular formula is C17H27N. The second kappa shape index (κ2) is 5.44. The van der Waals surface area contributed by atoms with Gasteiger partial charge in [0.2, 0.25) is 0 Å². The van der Waals surface area contributed by atoms with Gasteiger partial charge >= 0.3 is 0 Å². The zero-order valence-electron chi connectivity index (χ0n) is 12.3. The molecule has 1 aliphatic carbocycles. The number of benzene rings is 1. The van der Waals surface area contributed by atoms with Gasteiger partial charge in [-0.3, -0.25) is 0 Å². The Hall–Kier alpha value is -0.820. The highest BCUT2D eigenvalue weighted by atomic mass is 14.9. The Morgan fingerprint density at radius 2 is 1.83 bits per heavy atom. The maximum absolute atomic E-state index is 3.73. The molecule has 1 aromatic rings. The minimum absolute atomic E-state index is 0.442. The molecule has 1 aliphatic rings. The summed E-state index contributed by atoms with van der Waals surface area (Å²) in [6.07, 6.45) is 5.50. The zero-order chi connectivity index (χ0) is 13.2. The highest BCUT2D eigenvalue weighted by Crippen LogP contribution is 2.47.